The maximum atomic E-state index is 11.3. The summed E-state index contributed by atoms with van der Waals surface area (Å²) in [5.74, 6) is -0.630. The van der Waals surface area contributed by atoms with E-state index in [0.717, 1.165) is 44.1 Å². The predicted octanol–water partition coefficient (Wildman–Crippen LogP) is 3.35. The quantitative estimate of drug-likeness (QED) is 0.242. The van der Waals surface area contributed by atoms with Gasteiger partial charge in [-0.2, -0.15) is 0 Å². The number of likely N-dealkylation sites (tertiary alicyclic amines) is 1. The summed E-state index contributed by atoms with van der Waals surface area (Å²) in [6, 6.07) is 4.17. The van der Waals surface area contributed by atoms with Gasteiger partial charge in [0.15, 0.2) is 0 Å². The second-order valence-electron chi connectivity index (χ2n) is 10.5. The van der Waals surface area contributed by atoms with Crippen LogP contribution in [0.25, 0.3) is 0 Å². The number of primary amides is 1. The van der Waals surface area contributed by atoms with E-state index >= 15 is 0 Å². The van der Waals surface area contributed by atoms with Gasteiger partial charge in [0.05, 0.1) is 24.7 Å². The molecule has 1 aromatic rings. The summed E-state index contributed by atoms with van der Waals surface area (Å²) >= 11 is 0. The molecule has 3 amide bonds. The van der Waals surface area contributed by atoms with E-state index in [9.17, 15) is 19.2 Å². The van der Waals surface area contributed by atoms with E-state index < -0.39 is 5.97 Å². The molecule has 0 spiro atoms. The fourth-order valence-electron chi connectivity index (χ4n) is 4.97. The molecule has 1 saturated heterocycles. The van der Waals surface area contributed by atoms with Crippen LogP contribution in [0.3, 0.4) is 0 Å². The average Bonchev–Trinajstić information content (AvgIpc) is 3.34. The molecule has 4 rings (SSSR count). The minimum absolute atomic E-state index is 0.0126. The van der Waals surface area contributed by atoms with Crippen LogP contribution in [0.15, 0.2) is 24.5 Å². The summed E-state index contributed by atoms with van der Waals surface area (Å²) in [4.78, 5) is 47.2. The van der Waals surface area contributed by atoms with Crippen LogP contribution in [0.5, 0.6) is 0 Å². The highest BCUT2D eigenvalue weighted by molar-refractivity contribution is 5.78. The van der Waals surface area contributed by atoms with E-state index in [4.69, 9.17) is 20.7 Å². The standard InChI is InChI=1S/C10H12N2O.C10H19NO2.C7H12O2.C3H7NO2/c1-12-9(4-5-10(12)13)8-3-2-6-11-7-8;11-10(12)7-4-8-13-9-5-2-1-3-6-9;8-7(9)6-4-2-1-3-5-6;5-2-1-4-3-6/h2-3,6-7,9H,4-5H2,1H3;9H,1-8H2,(H2,11,12);6H,1-5H2,(H,8,9);3,5H,1-2H2,(H,4,6). The van der Waals surface area contributed by atoms with Crippen molar-refractivity contribution >= 4 is 24.2 Å². The highest BCUT2D eigenvalue weighted by Gasteiger charge is 2.28. The van der Waals surface area contributed by atoms with Crippen LogP contribution in [0, 0.1) is 5.92 Å². The first-order valence-corrected chi connectivity index (χ1v) is 14.9. The van der Waals surface area contributed by atoms with E-state index in [1.807, 2.05) is 25.4 Å². The Hall–Kier alpha value is -3.05. The van der Waals surface area contributed by atoms with Gasteiger partial charge in [-0.25, -0.2) is 0 Å². The molecule has 41 heavy (non-hydrogen) atoms. The van der Waals surface area contributed by atoms with Gasteiger partial charge in [-0.05, 0) is 50.2 Å². The van der Waals surface area contributed by atoms with Gasteiger partial charge in [0.2, 0.25) is 18.2 Å². The number of aromatic nitrogens is 1. The Morgan fingerprint density at radius 3 is 2.22 bits per heavy atom. The number of carboxylic acids is 1. The number of rotatable bonds is 10. The molecule has 11 nitrogen and oxygen atoms in total. The van der Waals surface area contributed by atoms with Crippen LogP contribution in [0.4, 0.5) is 0 Å². The molecule has 11 heteroatoms. The van der Waals surface area contributed by atoms with Crippen molar-refractivity contribution in [1.29, 1.82) is 0 Å². The van der Waals surface area contributed by atoms with Gasteiger partial charge >= 0.3 is 5.97 Å². The number of nitrogens with two attached hydrogens (primary N) is 1. The van der Waals surface area contributed by atoms with Crippen LogP contribution in [0.2, 0.25) is 0 Å². The van der Waals surface area contributed by atoms with Gasteiger partial charge in [0, 0.05) is 45.4 Å². The maximum absolute atomic E-state index is 11.3. The summed E-state index contributed by atoms with van der Waals surface area (Å²) in [6.07, 6.45) is 18.9. The van der Waals surface area contributed by atoms with Gasteiger partial charge in [-0.15, -0.1) is 0 Å². The van der Waals surface area contributed by atoms with E-state index in [2.05, 4.69) is 10.3 Å². The number of aliphatic carboxylic acids is 1. The summed E-state index contributed by atoms with van der Waals surface area (Å²) in [5, 5.41) is 18.8. The van der Waals surface area contributed by atoms with Crippen LogP contribution >= 0.6 is 0 Å². The largest absolute Gasteiger partial charge is 0.481 e. The first-order chi connectivity index (χ1) is 19.8. The van der Waals surface area contributed by atoms with E-state index in [1.165, 1.54) is 38.5 Å². The number of nitrogens with zero attached hydrogens (tertiary/aromatic N) is 2. The molecule has 2 heterocycles. The van der Waals surface area contributed by atoms with Crippen molar-refractivity contribution in [3.63, 3.8) is 0 Å². The molecule has 5 N–H and O–H groups in total. The fourth-order valence-corrected chi connectivity index (χ4v) is 4.97. The average molecular weight is 579 g/mol. The topological polar surface area (TPSA) is 172 Å². The number of nitrogens with one attached hydrogen (secondary N) is 1. The maximum Gasteiger partial charge on any atom is 0.306 e. The van der Waals surface area contributed by atoms with Crippen LogP contribution in [-0.4, -0.2) is 77.2 Å². The van der Waals surface area contributed by atoms with Crippen molar-refractivity contribution in [2.45, 2.75) is 102 Å². The lowest BCUT2D eigenvalue weighted by molar-refractivity contribution is -0.142. The number of hydrogen-bond acceptors (Lipinski definition) is 7. The van der Waals surface area contributed by atoms with Crippen molar-refractivity contribution < 1.29 is 34.1 Å². The first-order valence-electron chi connectivity index (χ1n) is 14.9. The number of carbonyl (C=O) groups is 4. The molecule has 232 valence electrons. The lowest BCUT2D eigenvalue weighted by atomic mass is 9.90. The van der Waals surface area contributed by atoms with Crippen molar-refractivity contribution in [2.24, 2.45) is 11.7 Å². The summed E-state index contributed by atoms with van der Waals surface area (Å²) in [5.41, 5.74) is 6.15. The van der Waals surface area contributed by atoms with E-state index in [-0.39, 0.29) is 30.4 Å². The molecular formula is C30H50N4O7. The zero-order chi connectivity index (χ0) is 30.3. The van der Waals surface area contributed by atoms with E-state index in [1.54, 1.807) is 11.1 Å². The Labute approximate surface area is 244 Å². The number of hydrogen-bond donors (Lipinski definition) is 4. The van der Waals surface area contributed by atoms with Gasteiger partial charge < -0.3 is 30.9 Å². The highest BCUT2D eigenvalue weighted by atomic mass is 16.5. The van der Waals surface area contributed by atoms with Crippen molar-refractivity contribution in [3.05, 3.63) is 30.1 Å². The Morgan fingerprint density at radius 1 is 1.12 bits per heavy atom. The second kappa shape index (κ2) is 22.6. The van der Waals surface area contributed by atoms with Crippen molar-refractivity contribution in [1.82, 2.24) is 15.2 Å². The number of carbonyl (C=O) groups excluding carboxylic acids is 3. The zero-order valence-electron chi connectivity index (χ0n) is 24.5. The van der Waals surface area contributed by atoms with Crippen molar-refractivity contribution in [3.8, 4) is 0 Å². The van der Waals surface area contributed by atoms with Gasteiger partial charge in [0.1, 0.15) is 0 Å². The monoisotopic (exact) mass is 578 g/mol. The number of amides is 3. The molecule has 0 bridgehead atoms. The van der Waals surface area contributed by atoms with Gasteiger partial charge in [-0.3, -0.25) is 24.2 Å². The molecule has 0 aromatic carbocycles. The van der Waals surface area contributed by atoms with Crippen LogP contribution in [-0.2, 0) is 23.9 Å². The molecule has 1 unspecified atom stereocenters. The summed E-state index contributed by atoms with van der Waals surface area (Å²) in [7, 11) is 1.85. The lowest BCUT2D eigenvalue weighted by Gasteiger charge is -2.21. The molecule has 2 saturated carbocycles. The normalized spacial score (nSPS) is 18.9. The molecule has 1 aromatic heterocycles. The molecule has 3 fully saturated rings. The highest BCUT2D eigenvalue weighted by Crippen LogP contribution is 2.30. The van der Waals surface area contributed by atoms with Crippen molar-refractivity contribution in [2.75, 3.05) is 26.8 Å². The minimum Gasteiger partial charge on any atom is -0.481 e. The first kappa shape index (κ1) is 36.0. The number of pyridine rings is 1. The van der Waals surface area contributed by atoms with Gasteiger partial charge in [0.25, 0.3) is 0 Å². The Morgan fingerprint density at radius 2 is 1.78 bits per heavy atom. The predicted molar refractivity (Wildman–Crippen MR) is 156 cm³/mol. The Kier molecular flexibility index (Phi) is 19.8. The molecule has 1 atom stereocenters. The third kappa shape index (κ3) is 16.7. The molecule has 2 aliphatic carbocycles. The second-order valence-corrected chi connectivity index (χ2v) is 10.5. The number of carboxylic acid groups (broad SMARTS) is 1. The molecular weight excluding hydrogens is 528 g/mol. The molecule has 3 aliphatic rings. The number of aliphatic hydroxyl groups is 1. The smallest absolute Gasteiger partial charge is 0.306 e. The van der Waals surface area contributed by atoms with Gasteiger partial charge in [-0.1, -0.05) is 44.6 Å². The van der Waals surface area contributed by atoms with Crippen LogP contribution < -0.4 is 11.1 Å². The Bertz CT molecular complexity index is 860. The fraction of sp³-hybridized carbons (Fsp3) is 0.700. The SMILES string of the molecule is CN1C(=O)CCC1c1cccnc1.NC(=O)CCCOC1CCCCC1.O=C(O)C1CCCCC1.O=CNCCO. The number of ether oxygens (including phenoxy) is 1. The van der Waals surface area contributed by atoms with Crippen LogP contribution in [0.1, 0.15) is 101 Å². The number of aliphatic hydroxyl groups excluding tert-OH is 1. The minimum atomic E-state index is -0.602. The molecule has 0 radical (unpaired) electrons. The zero-order valence-corrected chi connectivity index (χ0v) is 24.5. The Balaban J connectivity index is 0.000000285. The summed E-state index contributed by atoms with van der Waals surface area (Å²) < 4.78 is 5.63. The lowest BCUT2D eigenvalue weighted by Crippen LogP contribution is -2.22. The third-order valence-corrected chi connectivity index (χ3v) is 7.33. The van der Waals surface area contributed by atoms with E-state index in [0.29, 0.717) is 38.5 Å². The summed E-state index contributed by atoms with van der Waals surface area (Å²) in [6.45, 7) is 1.05. The third-order valence-electron chi connectivity index (χ3n) is 7.33. The molecule has 1 aliphatic heterocycles.